The van der Waals surface area contributed by atoms with Gasteiger partial charge in [-0.05, 0) is 30.3 Å². The summed E-state index contributed by atoms with van der Waals surface area (Å²) in [5.74, 6) is -1.53. The van der Waals surface area contributed by atoms with E-state index in [9.17, 15) is 30.8 Å². The second-order valence-electron chi connectivity index (χ2n) is 9.10. The Morgan fingerprint density at radius 3 is 2.81 bits per heavy atom. The number of hydrogen-bond donors (Lipinski definition) is 1. The summed E-state index contributed by atoms with van der Waals surface area (Å²) in [6, 6.07) is 6.55. The van der Waals surface area contributed by atoms with Gasteiger partial charge in [-0.3, -0.25) is 9.78 Å². The van der Waals surface area contributed by atoms with Gasteiger partial charge in [0.05, 0.1) is 48.7 Å². The van der Waals surface area contributed by atoms with E-state index in [-0.39, 0.29) is 37.0 Å². The molecule has 0 saturated carbocycles. The second kappa shape index (κ2) is 12.0. The van der Waals surface area contributed by atoms with Gasteiger partial charge in [0.1, 0.15) is 6.61 Å². The maximum absolute atomic E-state index is 14.2. The molecule has 1 N–H and O–H groups in total. The molecule has 4 heterocycles. The Bertz CT molecular complexity index is 1750. The molecular weight excluding hydrogens is 586 g/mol. The third kappa shape index (κ3) is 5.91. The van der Waals surface area contributed by atoms with Gasteiger partial charge in [0.2, 0.25) is 21.2 Å². The van der Waals surface area contributed by atoms with Crippen LogP contribution in [-0.4, -0.2) is 66.5 Å². The van der Waals surface area contributed by atoms with Gasteiger partial charge in [-0.1, -0.05) is 0 Å². The topological polar surface area (TPSA) is 135 Å². The number of alkyl halides is 3. The maximum Gasteiger partial charge on any atom is 0.269 e. The summed E-state index contributed by atoms with van der Waals surface area (Å²) in [5.41, 5.74) is -3.23. The van der Waals surface area contributed by atoms with Crippen molar-refractivity contribution < 1.29 is 45.0 Å². The lowest BCUT2D eigenvalue weighted by atomic mass is 10.0. The van der Waals surface area contributed by atoms with Crippen LogP contribution in [0.15, 0.2) is 47.6 Å². The average molecular weight is 610 g/mol. The highest BCUT2D eigenvalue weighted by atomic mass is 32.2. The molecule has 0 aliphatic carbocycles. The molecule has 1 aliphatic rings. The molecule has 0 fully saturated rings. The quantitative estimate of drug-likeness (QED) is 0.224. The molecule has 1 aromatic carbocycles. The average Bonchev–Trinajstić information content (AvgIpc) is 3.29. The fraction of sp³-hybridized carbons (Fsp3) is 0.308. The minimum atomic E-state index is -4.66. The van der Waals surface area contributed by atoms with Crippen LogP contribution in [0.2, 0.25) is 0 Å². The number of halogens is 4. The van der Waals surface area contributed by atoms with Crippen LogP contribution in [0.1, 0.15) is 33.6 Å². The zero-order valence-corrected chi connectivity index (χ0v) is 22.7. The third-order valence-corrected chi connectivity index (χ3v) is 8.11. The summed E-state index contributed by atoms with van der Waals surface area (Å²) in [6.45, 7) is -1.19. The second-order valence-corrected chi connectivity index (χ2v) is 11.1. The highest BCUT2D eigenvalue weighted by molar-refractivity contribution is 7.92. The van der Waals surface area contributed by atoms with Gasteiger partial charge in [-0.25, -0.2) is 31.3 Å². The molecular formula is C26H23F4N5O6S. The van der Waals surface area contributed by atoms with Crippen molar-refractivity contribution in [2.75, 3.05) is 26.9 Å². The van der Waals surface area contributed by atoms with E-state index in [0.29, 0.717) is 16.6 Å². The molecule has 0 unspecified atom stereocenters. The number of nitrogens with zero attached hydrogens (tertiary/aromatic N) is 4. The summed E-state index contributed by atoms with van der Waals surface area (Å²) in [7, 11) is -3.18. The van der Waals surface area contributed by atoms with Crippen molar-refractivity contribution in [3.63, 3.8) is 0 Å². The zero-order chi connectivity index (χ0) is 30.0. The van der Waals surface area contributed by atoms with Crippen LogP contribution < -0.4 is 10.1 Å². The van der Waals surface area contributed by atoms with Crippen LogP contribution in [0, 0.1) is 5.82 Å². The van der Waals surface area contributed by atoms with E-state index in [2.05, 4.69) is 20.4 Å². The molecule has 11 nitrogen and oxygen atoms in total. The Morgan fingerprint density at radius 2 is 2.05 bits per heavy atom. The predicted octanol–water partition coefficient (Wildman–Crippen LogP) is 3.45. The van der Waals surface area contributed by atoms with Crippen LogP contribution in [-0.2, 0) is 32.5 Å². The van der Waals surface area contributed by atoms with E-state index >= 15 is 0 Å². The van der Waals surface area contributed by atoms with E-state index in [4.69, 9.17) is 14.2 Å². The molecule has 1 atom stereocenters. The monoisotopic (exact) mass is 609 g/mol. The molecule has 1 amide bonds. The van der Waals surface area contributed by atoms with Gasteiger partial charge in [0.25, 0.3) is 18.2 Å². The number of pyridine rings is 2. The number of nitrogens with one attached hydrogen (secondary N) is 1. The summed E-state index contributed by atoms with van der Waals surface area (Å²) >= 11 is 0. The summed E-state index contributed by atoms with van der Waals surface area (Å²) in [5, 5.41) is 7.17. The highest BCUT2D eigenvalue weighted by Crippen LogP contribution is 2.34. The minimum absolute atomic E-state index is 0.103. The Hall–Kier alpha value is -4.15. The Kier molecular flexibility index (Phi) is 8.38. The van der Waals surface area contributed by atoms with Crippen molar-refractivity contribution in [3.8, 4) is 11.7 Å². The molecule has 5 rings (SSSR count). The van der Waals surface area contributed by atoms with Crippen molar-refractivity contribution in [1.82, 2.24) is 25.1 Å². The number of rotatable bonds is 9. The lowest BCUT2D eigenvalue weighted by Crippen LogP contribution is -2.25. The van der Waals surface area contributed by atoms with E-state index in [0.717, 1.165) is 18.3 Å². The molecule has 3 aromatic heterocycles. The molecule has 4 aromatic rings. The number of carbonyl (C=O) groups excluding carboxylic acids is 1. The summed E-state index contributed by atoms with van der Waals surface area (Å²) < 4.78 is 97.5. The van der Waals surface area contributed by atoms with Crippen molar-refractivity contribution in [3.05, 3.63) is 70.9 Å². The van der Waals surface area contributed by atoms with Crippen LogP contribution in [0.25, 0.3) is 16.7 Å². The number of hydrogen-bond acceptors (Lipinski definition) is 9. The highest BCUT2D eigenvalue weighted by Gasteiger charge is 2.36. The number of sulfone groups is 1. The van der Waals surface area contributed by atoms with Gasteiger partial charge in [-0.2, -0.15) is 4.39 Å². The van der Waals surface area contributed by atoms with Crippen LogP contribution in [0.4, 0.5) is 17.6 Å². The fourth-order valence-electron chi connectivity index (χ4n) is 4.20. The van der Waals surface area contributed by atoms with E-state index < -0.39 is 62.7 Å². The van der Waals surface area contributed by atoms with E-state index in [1.165, 1.54) is 18.0 Å². The molecule has 16 heteroatoms. The van der Waals surface area contributed by atoms with Crippen molar-refractivity contribution >= 4 is 26.6 Å². The van der Waals surface area contributed by atoms with E-state index in [1.807, 2.05) is 0 Å². The lowest BCUT2D eigenvalue weighted by molar-refractivity contribution is 0.0914. The smallest absolute Gasteiger partial charge is 0.269 e. The molecule has 222 valence electrons. The van der Waals surface area contributed by atoms with Gasteiger partial charge in [0.15, 0.2) is 5.82 Å². The normalized spacial score (nSPS) is 16.3. The fourth-order valence-corrected chi connectivity index (χ4v) is 5.56. The molecule has 1 aliphatic heterocycles. The first kappa shape index (κ1) is 29.3. The molecule has 0 saturated heterocycles. The standard InChI is InChI=1S/C26H23F4N5O6S/c1-39-4-5-41-26-19(27)11-35(34-26)23-3-2-14-9-31-16(8-20(14)33-23)10-32-25(36)15-6-17(24(29)30)18-12-40-13-22(28)42(37,38)21(18)7-15/h2-3,6-9,11,22,24H,4-5,10,12-13H2,1H3,(H,32,36)/t22-/m1/s1. The van der Waals surface area contributed by atoms with Crippen LogP contribution >= 0.6 is 0 Å². The Morgan fingerprint density at radius 1 is 1.24 bits per heavy atom. The van der Waals surface area contributed by atoms with E-state index in [1.54, 1.807) is 18.2 Å². The number of aromatic nitrogens is 4. The number of benzene rings is 1. The number of fused-ring (bicyclic) bond motifs is 2. The molecule has 0 spiro atoms. The Balaban J connectivity index is 1.37. The molecule has 42 heavy (non-hydrogen) atoms. The van der Waals surface area contributed by atoms with Gasteiger partial charge in [-0.15, -0.1) is 5.10 Å². The van der Waals surface area contributed by atoms with Gasteiger partial charge < -0.3 is 19.5 Å². The van der Waals surface area contributed by atoms with Crippen molar-refractivity contribution in [1.29, 1.82) is 0 Å². The maximum atomic E-state index is 14.2. The number of carbonyl (C=O) groups is 1. The van der Waals surface area contributed by atoms with Gasteiger partial charge in [0, 0.05) is 35.4 Å². The minimum Gasteiger partial charge on any atom is -0.472 e. The number of ether oxygens (including phenoxy) is 3. The zero-order valence-electron chi connectivity index (χ0n) is 21.9. The Labute approximate surface area is 236 Å². The number of amides is 1. The first-order valence-corrected chi connectivity index (χ1v) is 13.9. The molecule has 0 radical (unpaired) electrons. The molecule has 0 bridgehead atoms. The van der Waals surface area contributed by atoms with Crippen LogP contribution in [0.5, 0.6) is 5.88 Å². The largest absolute Gasteiger partial charge is 0.472 e. The SMILES string of the molecule is COCCOc1nn(-c2ccc3cnc(CNC(=O)c4cc(C(F)F)c5c(c4)S(=O)(=O)[C@@H](F)COC5)cc3n2)cc1F. The van der Waals surface area contributed by atoms with Gasteiger partial charge >= 0.3 is 0 Å². The predicted molar refractivity (Wildman–Crippen MR) is 138 cm³/mol. The third-order valence-electron chi connectivity index (χ3n) is 6.32. The first-order valence-electron chi connectivity index (χ1n) is 12.4. The van der Waals surface area contributed by atoms with Crippen LogP contribution in [0.3, 0.4) is 0 Å². The summed E-state index contributed by atoms with van der Waals surface area (Å²) in [4.78, 5) is 20.9. The van der Waals surface area contributed by atoms with Crippen molar-refractivity contribution in [2.45, 2.75) is 30.0 Å². The first-order chi connectivity index (χ1) is 20.1. The van der Waals surface area contributed by atoms with Crippen molar-refractivity contribution in [2.24, 2.45) is 0 Å². The summed E-state index contributed by atoms with van der Waals surface area (Å²) in [6.07, 6.45) is -0.549. The lowest BCUT2D eigenvalue weighted by Gasteiger charge is -2.15. The number of methoxy groups -OCH3 is 1.